The van der Waals surface area contributed by atoms with Crippen molar-refractivity contribution in [2.75, 3.05) is 6.54 Å². The zero-order valence-corrected chi connectivity index (χ0v) is 14.0. The van der Waals surface area contributed by atoms with Crippen LogP contribution in [0.5, 0.6) is 0 Å². The minimum atomic E-state index is -4.64. The highest BCUT2D eigenvalue weighted by molar-refractivity contribution is 5.92. The van der Waals surface area contributed by atoms with Crippen molar-refractivity contribution >= 4 is 5.91 Å². The Bertz CT molecular complexity index is 1040. The summed E-state index contributed by atoms with van der Waals surface area (Å²) in [4.78, 5) is 17.9. The Balaban J connectivity index is 1.56. The van der Waals surface area contributed by atoms with Gasteiger partial charge in [-0.1, -0.05) is 0 Å². The number of rotatable bonds is 2. The second-order valence-corrected chi connectivity index (χ2v) is 6.19. The van der Waals surface area contributed by atoms with Crippen molar-refractivity contribution in [3.05, 3.63) is 58.7 Å². The summed E-state index contributed by atoms with van der Waals surface area (Å²) in [6.45, 7) is 0.149. The molecular formula is C17H11F5N4O2. The maximum Gasteiger partial charge on any atom is 0.432 e. The number of alkyl halides is 3. The summed E-state index contributed by atoms with van der Waals surface area (Å²) >= 11 is 0. The van der Waals surface area contributed by atoms with Gasteiger partial charge >= 0.3 is 6.18 Å². The summed E-state index contributed by atoms with van der Waals surface area (Å²) in [7, 11) is 0. The van der Waals surface area contributed by atoms with Crippen LogP contribution in [0.25, 0.3) is 11.5 Å². The average molecular weight is 398 g/mol. The van der Waals surface area contributed by atoms with Crippen molar-refractivity contribution in [3.8, 4) is 11.5 Å². The van der Waals surface area contributed by atoms with Gasteiger partial charge in [0.05, 0.1) is 6.54 Å². The van der Waals surface area contributed by atoms with Crippen molar-refractivity contribution in [1.29, 1.82) is 0 Å². The lowest BCUT2D eigenvalue weighted by Gasteiger charge is -2.24. The number of carbonyl (C=O) groups excluding carboxylic acids is 1. The Morgan fingerprint density at radius 1 is 1.14 bits per heavy atom. The molecule has 0 atom stereocenters. The van der Waals surface area contributed by atoms with Gasteiger partial charge < -0.3 is 9.32 Å². The molecule has 146 valence electrons. The van der Waals surface area contributed by atoms with E-state index in [2.05, 4.69) is 10.1 Å². The predicted molar refractivity (Wildman–Crippen MR) is 83.9 cm³/mol. The molecule has 1 aliphatic rings. The Morgan fingerprint density at radius 2 is 1.86 bits per heavy atom. The number of hydrogen-bond acceptors (Lipinski definition) is 4. The number of benzene rings is 1. The number of amides is 1. The molecular weight excluding hydrogens is 387 g/mol. The van der Waals surface area contributed by atoms with Crippen LogP contribution in [0.4, 0.5) is 22.0 Å². The quantitative estimate of drug-likeness (QED) is 0.670. The second kappa shape index (κ2) is 6.43. The van der Waals surface area contributed by atoms with Gasteiger partial charge in [-0.15, -0.1) is 0 Å². The van der Waals surface area contributed by atoms with Crippen LogP contribution >= 0.6 is 0 Å². The Labute approximate surface area is 154 Å². The summed E-state index contributed by atoms with van der Waals surface area (Å²) < 4.78 is 70.3. The average Bonchev–Trinajstić information content (AvgIpc) is 3.26. The van der Waals surface area contributed by atoms with E-state index in [1.54, 1.807) is 5.10 Å². The number of hydrogen-bond donors (Lipinski definition) is 1. The van der Waals surface area contributed by atoms with Crippen LogP contribution in [0.1, 0.15) is 27.6 Å². The molecule has 0 aliphatic carbocycles. The summed E-state index contributed by atoms with van der Waals surface area (Å²) in [6.07, 6.45) is -4.38. The van der Waals surface area contributed by atoms with Gasteiger partial charge in [-0.05, 0) is 12.1 Å². The third kappa shape index (κ3) is 3.35. The summed E-state index contributed by atoms with van der Waals surface area (Å²) in [5.74, 6) is -1.83. The van der Waals surface area contributed by atoms with Crippen molar-refractivity contribution in [2.24, 2.45) is 0 Å². The van der Waals surface area contributed by atoms with Gasteiger partial charge in [0.1, 0.15) is 28.8 Å². The van der Waals surface area contributed by atoms with Crippen LogP contribution in [0.15, 0.2) is 28.7 Å². The predicted octanol–water partition coefficient (Wildman–Crippen LogP) is 3.56. The molecule has 0 radical (unpaired) electrons. The number of oxazole rings is 1. The lowest BCUT2D eigenvalue weighted by molar-refractivity contribution is -0.141. The van der Waals surface area contributed by atoms with E-state index in [4.69, 9.17) is 4.42 Å². The lowest BCUT2D eigenvalue weighted by atomic mass is 10.1. The first-order valence-electron chi connectivity index (χ1n) is 8.07. The van der Waals surface area contributed by atoms with Crippen molar-refractivity contribution in [2.45, 2.75) is 19.1 Å². The van der Waals surface area contributed by atoms with Crippen LogP contribution in [0, 0.1) is 11.6 Å². The van der Waals surface area contributed by atoms with Gasteiger partial charge in [-0.2, -0.15) is 18.3 Å². The fraction of sp³-hybridized carbons (Fsp3) is 0.235. The van der Waals surface area contributed by atoms with E-state index in [-0.39, 0.29) is 36.7 Å². The molecule has 6 nitrogen and oxygen atoms in total. The molecule has 1 aromatic carbocycles. The Kier molecular flexibility index (Phi) is 4.16. The molecule has 1 aliphatic heterocycles. The smallest absolute Gasteiger partial charge is 0.432 e. The first-order chi connectivity index (χ1) is 13.2. The number of halogens is 5. The summed E-state index contributed by atoms with van der Waals surface area (Å²) in [5, 5.41) is 5.22. The van der Waals surface area contributed by atoms with Crippen molar-refractivity contribution in [3.63, 3.8) is 0 Å². The minimum absolute atomic E-state index is 0.00294. The zero-order valence-electron chi connectivity index (χ0n) is 14.0. The normalized spacial score (nSPS) is 14.2. The van der Waals surface area contributed by atoms with Gasteiger partial charge in [-0.3, -0.25) is 9.89 Å². The highest BCUT2D eigenvalue weighted by Gasteiger charge is 2.35. The number of nitrogens with one attached hydrogen (secondary N) is 1. The van der Waals surface area contributed by atoms with E-state index in [1.165, 1.54) is 4.90 Å². The fourth-order valence-corrected chi connectivity index (χ4v) is 2.91. The molecule has 0 fully saturated rings. The number of aromatic amines is 1. The highest BCUT2D eigenvalue weighted by atomic mass is 19.4. The highest BCUT2D eigenvalue weighted by Crippen LogP contribution is 2.30. The number of H-pyrrole nitrogens is 1. The Hall–Kier alpha value is -3.24. The van der Waals surface area contributed by atoms with Crippen LogP contribution in [0.3, 0.4) is 0 Å². The summed E-state index contributed by atoms with van der Waals surface area (Å²) in [5.41, 5.74) is -1.02. The van der Waals surface area contributed by atoms with Crippen LogP contribution in [0.2, 0.25) is 0 Å². The van der Waals surface area contributed by atoms with E-state index >= 15 is 0 Å². The number of nitrogens with zero attached hydrogens (tertiary/aromatic N) is 3. The van der Waals surface area contributed by atoms with Gasteiger partial charge in [-0.25, -0.2) is 13.8 Å². The van der Waals surface area contributed by atoms with Crippen LogP contribution < -0.4 is 0 Å². The number of carbonyl (C=O) groups is 1. The number of aromatic nitrogens is 3. The third-order valence-corrected chi connectivity index (χ3v) is 4.23. The van der Waals surface area contributed by atoms with E-state index in [1.807, 2.05) is 0 Å². The monoisotopic (exact) mass is 398 g/mol. The first-order valence-corrected chi connectivity index (χ1v) is 8.07. The maximum atomic E-state index is 13.4. The largest absolute Gasteiger partial charge is 0.441 e. The van der Waals surface area contributed by atoms with E-state index in [0.717, 1.165) is 12.1 Å². The van der Waals surface area contributed by atoms with Gasteiger partial charge in [0.15, 0.2) is 5.69 Å². The van der Waals surface area contributed by atoms with E-state index < -0.39 is 29.4 Å². The molecule has 0 unspecified atom stereocenters. The number of fused-ring (bicyclic) bond motifs is 1. The molecule has 0 saturated carbocycles. The van der Waals surface area contributed by atoms with Crippen molar-refractivity contribution in [1.82, 2.24) is 20.1 Å². The molecule has 4 rings (SSSR count). The zero-order chi connectivity index (χ0) is 20.1. The topological polar surface area (TPSA) is 75.0 Å². The maximum absolute atomic E-state index is 13.4. The molecule has 3 heterocycles. The van der Waals surface area contributed by atoms with Crippen LogP contribution in [-0.4, -0.2) is 32.5 Å². The molecule has 2 aromatic heterocycles. The van der Waals surface area contributed by atoms with Crippen molar-refractivity contribution < 1.29 is 31.2 Å². The summed E-state index contributed by atoms with van der Waals surface area (Å²) in [6, 6.07) is 3.48. The molecule has 28 heavy (non-hydrogen) atoms. The third-order valence-electron chi connectivity index (χ3n) is 4.23. The van der Waals surface area contributed by atoms with Crippen LogP contribution in [-0.2, 0) is 19.1 Å². The lowest BCUT2D eigenvalue weighted by Crippen LogP contribution is -2.36. The van der Waals surface area contributed by atoms with Gasteiger partial charge in [0, 0.05) is 30.7 Å². The van der Waals surface area contributed by atoms with E-state index in [9.17, 15) is 26.7 Å². The molecule has 11 heteroatoms. The minimum Gasteiger partial charge on any atom is -0.441 e. The molecule has 1 amide bonds. The molecule has 0 saturated heterocycles. The van der Waals surface area contributed by atoms with Gasteiger partial charge in [0.2, 0.25) is 5.89 Å². The standard InChI is InChI=1S/C17H11F5N4O2/c18-9-3-8(4-10(19)5-9)15-23-12-7-26(2-1-13(12)28-15)16(27)11-6-14(25-24-11)17(20,21)22/h3-6H,1-2,7H2,(H,24,25). The molecule has 0 spiro atoms. The van der Waals surface area contributed by atoms with Gasteiger partial charge in [0.25, 0.3) is 5.91 Å². The SMILES string of the molecule is O=C(c1cc(C(F)(F)F)[nH]n1)N1CCc2oc(-c3cc(F)cc(F)c3)nc2C1. The molecule has 0 bridgehead atoms. The Morgan fingerprint density at radius 3 is 2.50 bits per heavy atom. The fourth-order valence-electron chi connectivity index (χ4n) is 2.91. The molecule has 1 N–H and O–H groups in total. The second-order valence-electron chi connectivity index (χ2n) is 6.19. The molecule has 3 aromatic rings. The van der Waals surface area contributed by atoms with E-state index in [0.29, 0.717) is 23.6 Å². The first kappa shape index (κ1) is 18.1.